The van der Waals surface area contributed by atoms with Crippen LogP contribution in [-0.4, -0.2) is 51.2 Å². The quantitative estimate of drug-likeness (QED) is 0.818. The van der Waals surface area contributed by atoms with E-state index >= 15 is 0 Å². The molecule has 2 aliphatic heterocycles. The molecule has 0 saturated carbocycles. The highest BCUT2D eigenvalue weighted by Crippen LogP contribution is 2.40. The molecule has 18 heavy (non-hydrogen) atoms. The normalized spacial score (nSPS) is 26.7. The van der Waals surface area contributed by atoms with Gasteiger partial charge in [-0.1, -0.05) is 0 Å². The summed E-state index contributed by atoms with van der Waals surface area (Å²) in [5.74, 6) is 0. The molecule has 1 aromatic rings. The highest BCUT2D eigenvalue weighted by atomic mass is 16.5. The van der Waals surface area contributed by atoms with Crippen molar-refractivity contribution in [1.29, 1.82) is 0 Å². The van der Waals surface area contributed by atoms with Crippen molar-refractivity contribution >= 4 is 6.09 Å². The third-order valence-electron chi connectivity index (χ3n) is 4.03. The van der Waals surface area contributed by atoms with E-state index in [-0.39, 0.29) is 11.6 Å². The largest absolute Gasteiger partial charge is 0.465 e. The Labute approximate surface area is 105 Å². The van der Waals surface area contributed by atoms with Gasteiger partial charge in [-0.15, -0.1) is 0 Å². The van der Waals surface area contributed by atoms with Crippen molar-refractivity contribution in [3.05, 3.63) is 18.5 Å². The van der Waals surface area contributed by atoms with E-state index in [2.05, 4.69) is 5.10 Å². The molecule has 0 bridgehead atoms. The van der Waals surface area contributed by atoms with Crippen molar-refractivity contribution in [2.45, 2.75) is 30.9 Å². The van der Waals surface area contributed by atoms with E-state index in [9.17, 15) is 4.79 Å². The first-order valence-corrected chi connectivity index (χ1v) is 6.30. The molecule has 1 atom stereocenters. The third kappa shape index (κ3) is 1.96. The summed E-state index contributed by atoms with van der Waals surface area (Å²) in [5, 5.41) is 13.2. The molecule has 2 fully saturated rings. The molecule has 1 aromatic heterocycles. The first-order valence-electron chi connectivity index (χ1n) is 6.30. The Morgan fingerprint density at radius 3 is 2.83 bits per heavy atom. The Hall–Kier alpha value is -1.56. The molecule has 0 aliphatic carbocycles. The standard InChI is InChI=1S/C12H17N3O3/c16-11(17)14-6-2-12(3-7-14)8-10(9-18-12)15-5-1-4-13-15/h1,4-5,10H,2-3,6-9H2,(H,16,17). The first kappa shape index (κ1) is 11.5. The Balaban J connectivity index is 1.64. The van der Waals surface area contributed by atoms with Crippen LogP contribution in [0.2, 0.25) is 0 Å². The van der Waals surface area contributed by atoms with E-state index in [1.807, 2.05) is 16.9 Å². The molecule has 1 amide bonds. The molecule has 1 spiro atoms. The van der Waals surface area contributed by atoms with Crippen molar-refractivity contribution in [3.63, 3.8) is 0 Å². The van der Waals surface area contributed by atoms with Crippen molar-refractivity contribution in [2.24, 2.45) is 0 Å². The number of aromatic nitrogens is 2. The van der Waals surface area contributed by atoms with E-state index in [0.717, 1.165) is 19.3 Å². The van der Waals surface area contributed by atoms with E-state index in [1.54, 1.807) is 6.20 Å². The monoisotopic (exact) mass is 251 g/mol. The maximum absolute atomic E-state index is 10.9. The van der Waals surface area contributed by atoms with Crippen LogP contribution in [0.15, 0.2) is 18.5 Å². The van der Waals surface area contributed by atoms with Gasteiger partial charge in [0.1, 0.15) is 0 Å². The van der Waals surface area contributed by atoms with Crippen LogP contribution in [0.1, 0.15) is 25.3 Å². The van der Waals surface area contributed by atoms with Crippen LogP contribution < -0.4 is 0 Å². The van der Waals surface area contributed by atoms with Crippen LogP contribution >= 0.6 is 0 Å². The lowest BCUT2D eigenvalue weighted by atomic mass is 9.87. The second-order valence-electron chi connectivity index (χ2n) is 5.11. The van der Waals surface area contributed by atoms with Gasteiger partial charge >= 0.3 is 6.09 Å². The van der Waals surface area contributed by atoms with Crippen LogP contribution in [0.5, 0.6) is 0 Å². The zero-order chi connectivity index (χ0) is 12.6. The highest BCUT2D eigenvalue weighted by molar-refractivity contribution is 5.65. The Morgan fingerprint density at radius 1 is 1.44 bits per heavy atom. The van der Waals surface area contributed by atoms with Crippen LogP contribution in [0.25, 0.3) is 0 Å². The number of amides is 1. The van der Waals surface area contributed by atoms with Gasteiger partial charge in [-0.05, 0) is 18.9 Å². The summed E-state index contributed by atoms with van der Waals surface area (Å²) in [7, 11) is 0. The van der Waals surface area contributed by atoms with Crippen LogP contribution in [-0.2, 0) is 4.74 Å². The number of carboxylic acid groups (broad SMARTS) is 1. The zero-order valence-electron chi connectivity index (χ0n) is 10.2. The fourth-order valence-corrected chi connectivity index (χ4v) is 2.94. The highest BCUT2D eigenvalue weighted by Gasteiger charge is 2.44. The number of piperidine rings is 1. The molecular weight excluding hydrogens is 234 g/mol. The molecule has 98 valence electrons. The van der Waals surface area contributed by atoms with Gasteiger partial charge < -0.3 is 14.7 Å². The summed E-state index contributed by atoms with van der Waals surface area (Å²) in [4.78, 5) is 12.3. The molecule has 1 N–H and O–H groups in total. The second-order valence-corrected chi connectivity index (χ2v) is 5.11. The van der Waals surface area contributed by atoms with E-state index in [4.69, 9.17) is 9.84 Å². The van der Waals surface area contributed by atoms with Crippen molar-refractivity contribution in [1.82, 2.24) is 14.7 Å². The average Bonchev–Trinajstić information content (AvgIpc) is 2.99. The van der Waals surface area contributed by atoms with Gasteiger partial charge in [-0.2, -0.15) is 5.10 Å². The van der Waals surface area contributed by atoms with Crippen LogP contribution in [0, 0.1) is 0 Å². The summed E-state index contributed by atoms with van der Waals surface area (Å²) in [6.07, 6.45) is 5.42. The number of hydrogen-bond donors (Lipinski definition) is 1. The number of carbonyl (C=O) groups is 1. The lowest BCUT2D eigenvalue weighted by molar-refractivity contribution is -0.0396. The number of hydrogen-bond acceptors (Lipinski definition) is 3. The van der Waals surface area contributed by atoms with E-state index in [1.165, 1.54) is 4.90 Å². The molecule has 6 heteroatoms. The Bertz CT molecular complexity index is 424. The van der Waals surface area contributed by atoms with Gasteiger partial charge in [0, 0.05) is 31.9 Å². The molecule has 2 saturated heterocycles. The topological polar surface area (TPSA) is 67.6 Å². The first-order chi connectivity index (χ1) is 8.69. The SMILES string of the molecule is O=C(O)N1CCC2(CC1)CC(n1cccn1)CO2. The summed E-state index contributed by atoms with van der Waals surface area (Å²) >= 11 is 0. The minimum Gasteiger partial charge on any atom is -0.465 e. The van der Waals surface area contributed by atoms with E-state index < -0.39 is 6.09 Å². The molecule has 3 heterocycles. The Kier molecular flexibility index (Phi) is 2.74. The second kappa shape index (κ2) is 4.28. The predicted octanol–water partition coefficient (Wildman–Crippen LogP) is 1.36. The summed E-state index contributed by atoms with van der Waals surface area (Å²) in [6, 6.07) is 2.20. The molecule has 2 aliphatic rings. The van der Waals surface area contributed by atoms with Crippen LogP contribution in [0.4, 0.5) is 4.79 Å². The van der Waals surface area contributed by atoms with Gasteiger partial charge in [-0.25, -0.2) is 4.79 Å². The van der Waals surface area contributed by atoms with Gasteiger partial charge in [0.25, 0.3) is 0 Å². The maximum Gasteiger partial charge on any atom is 0.407 e. The Morgan fingerprint density at radius 2 is 2.22 bits per heavy atom. The molecule has 6 nitrogen and oxygen atoms in total. The molecule has 1 unspecified atom stereocenters. The van der Waals surface area contributed by atoms with Gasteiger partial charge in [0.05, 0.1) is 18.2 Å². The predicted molar refractivity (Wildman–Crippen MR) is 63.4 cm³/mol. The number of nitrogens with zero attached hydrogens (tertiary/aromatic N) is 3. The average molecular weight is 251 g/mol. The lowest BCUT2D eigenvalue weighted by Crippen LogP contribution is -2.46. The fraction of sp³-hybridized carbons (Fsp3) is 0.667. The number of ether oxygens (including phenoxy) is 1. The fourth-order valence-electron chi connectivity index (χ4n) is 2.94. The third-order valence-corrected chi connectivity index (χ3v) is 4.03. The van der Waals surface area contributed by atoms with Gasteiger partial charge in [-0.3, -0.25) is 4.68 Å². The van der Waals surface area contributed by atoms with Gasteiger partial charge in [0.15, 0.2) is 0 Å². The summed E-state index contributed by atoms with van der Waals surface area (Å²) < 4.78 is 7.91. The minimum absolute atomic E-state index is 0.136. The zero-order valence-corrected chi connectivity index (χ0v) is 10.2. The summed E-state index contributed by atoms with van der Waals surface area (Å²) in [6.45, 7) is 1.82. The molecule has 3 rings (SSSR count). The van der Waals surface area contributed by atoms with Crippen molar-refractivity contribution in [2.75, 3.05) is 19.7 Å². The summed E-state index contributed by atoms with van der Waals surface area (Å²) in [5.41, 5.74) is -0.136. The number of rotatable bonds is 1. The van der Waals surface area contributed by atoms with Crippen LogP contribution in [0.3, 0.4) is 0 Å². The minimum atomic E-state index is -0.827. The van der Waals surface area contributed by atoms with E-state index in [0.29, 0.717) is 19.7 Å². The lowest BCUT2D eigenvalue weighted by Gasteiger charge is -2.37. The smallest absolute Gasteiger partial charge is 0.407 e. The maximum atomic E-state index is 10.9. The number of likely N-dealkylation sites (tertiary alicyclic amines) is 1. The molecule has 0 aromatic carbocycles. The van der Waals surface area contributed by atoms with Crippen molar-refractivity contribution < 1.29 is 14.6 Å². The van der Waals surface area contributed by atoms with Gasteiger partial charge in [0.2, 0.25) is 0 Å². The molecule has 0 radical (unpaired) electrons. The molecular formula is C12H17N3O3. The van der Waals surface area contributed by atoms with Crippen molar-refractivity contribution in [3.8, 4) is 0 Å².